The number of hydrogen-bond acceptors (Lipinski definition) is 4. The summed E-state index contributed by atoms with van der Waals surface area (Å²) in [5.74, 6) is 0. The van der Waals surface area contributed by atoms with E-state index in [4.69, 9.17) is 22.7 Å². The molecule has 21 heavy (non-hydrogen) atoms. The molecule has 0 aliphatic carbocycles. The number of anilines is 1. The average molecular weight is 320 g/mol. The van der Waals surface area contributed by atoms with Crippen LogP contribution in [0.2, 0.25) is 0 Å². The third-order valence-corrected chi connectivity index (χ3v) is 3.56. The highest BCUT2D eigenvalue weighted by atomic mass is 32.1. The van der Waals surface area contributed by atoms with Gasteiger partial charge in [0.05, 0.1) is 31.4 Å². The van der Waals surface area contributed by atoms with Crippen molar-refractivity contribution in [1.82, 2.24) is 0 Å². The predicted octanol–water partition coefficient (Wildman–Crippen LogP) is 1.54. The Kier molecular flexibility index (Phi) is 4.70. The van der Waals surface area contributed by atoms with Crippen LogP contribution in [0.3, 0.4) is 0 Å². The van der Waals surface area contributed by atoms with E-state index in [1.54, 1.807) is 4.90 Å². The van der Waals surface area contributed by atoms with Gasteiger partial charge in [0.25, 0.3) is 0 Å². The van der Waals surface area contributed by atoms with Crippen molar-refractivity contribution in [2.24, 2.45) is 5.73 Å². The van der Waals surface area contributed by atoms with Gasteiger partial charge in [-0.2, -0.15) is 13.2 Å². The molecule has 0 amide bonds. The molecule has 0 spiro atoms. The van der Waals surface area contributed by atoms with Crippen molar-refractivity contribution >= 4 is 22.9 Å². The van der Waals surface area contributed by atoms with E-state index in [0.717, 1.165) is 12.1 Å². The summed E-state index contributed by atoms with van der Waals surface area (Å²) >= 11 is 4.87. The lowest BCUT2D eigenvalue weighted by Crippen LogP contribution is -2.48. The Bertz CT molecular complexity index is 537. The molecule has 1 unspecified atom stereocenters. The van der Waals surface area contributed by atoms with Gasteiger partial charge in [0.1, 0.15) is 4.99 Å². The highest BCUT2D eigenvalue weighted by molar-refractivity contribution is 7.80. The Morgan fingerprint density at radius 2 is 2.19 bits per heavy atom. The van der Waals surface area contributed by atoms with Crippen LogP contribution in [0.15, 0.2) is 18.2 Å². The van der Waals surface area contributed by atoms with Crippen molar-refractivity contribution in [2.75, 3.05) is 31.3 Å². The van der Waals surface area contributed by atoms with Gasteiger partial charge in [-0.05, 0) is 18.2 Å². The van der Waals surface area contributed by atoms with Crippen LogP contribution in [0.4, 0.5) is 18.9 Å². The molecule has 1 aliphatic heterocycles. The second kappa shape index (κ2) is 6.17. The number of benzene rings is 1. The lowest BCUT2D eigenvalue weighted by molar-refractivity contribution is -0.137. The van der Waals surface area contributed by atoms with Crippen molar-refractivity contribution in [2.45, 2.75) is 12.2 Å². The largest absolute Gasteiger partial charge is 0.416 e. The summed E-state index contributed by atoms with van der Waals surface area (Å²) in [6, 6.07) is 2.94. The van der Waals surface area contributed by atoms with E-state index >= 15 is 0 Å². The summed E-state index contributed by atoms with van der Waals surface area (Å²) in [5, 5.41) is 9.37. The maximum Gasteiger partial charge on any atom is 0.416 e. The molecule has 1 fully saturated rings. The number of halogens is 3. The van der Waals surface area contributed by atoms with Gasteiger partial charge in [-0.25, -0.2) is 0 Å². The van der Waals surface area contributed by atoms with Crippen LogP contribution in [0.1, 0.15) is 11.1 Å². The van der Waals surface area contributed by atoms with Crippen molar-refractivity contribution in [3.8, 4) is 0 Å². The highest BCUT2D eigenvalue weighted by Gasteiger charge is 2.32. The van der Waals surface area contributed by atoms with Gasteiger partial charge < -0.3 is 20.5 Å². The van der Waals surface area contributed by atoms with E-state index in [1.165, 1.54) is 6.07 Å². The molecule has 8 heteroatoms. The summed E-state index contributed by atoms with van der Waals surface area (Å²) < 4.78 is 43.6. The Morgan fingerprint density at radius 1 is 1.48 bits per heavy atom. The van der Waals surface area contributed by atoms with Crippen molar-refractivity contribution in [3.05, 3.63) is 29.3 Å². The van der Waals surface area contributed by atoms with E-state index in [1.807, 2.05) is 0 Å². The number of rotatable bonds is 3. The van der Waals surface area contributed by atoms with E-state index in [0.29, 0.717) is 25.4 Å². The molecule has 1 aromatic carbocycles. The van der Waals surface area contributed by atoms with Crippen LogP contribution in [-0.4, -0.2) is 42.5 Å². The first-order valence-electron chi connectivity index (χ1n) is 6.31. The Labute approximate surface area is 125 Å². The second-order valence-electron chi connectivity index (χ2n) is 4.70. The normalized spacial score (nSPS) is 19.6. The molecule has 1 saturated heterocycles. The molecule has 0 saturated carbocycles. The lowest BCUT2D eigenvalue weighted by Gasteiger charge is -2.37. The molecule has 2 rings (SSSR count). The van der Waals surface area contributed by atoms with E-state index < -0.39 is 11.7 Å². The van der Waals surface area contributed by atoms with Crippen LogP contribution in [0, 0.1) is 0 Å². The summed E-state index contributed by atoms with van der Waals surface area (Å²) in [7, 11) is 0. The SMILES string of the molecule is NC(=S)c1cc(C(F)(F)F)ccc1N1CCOCC1CO. The summed E-state index contributed by atoms with van der Waals surface area (Å²) in [6.07, 6.45) is -4.46. The summed E-state index contributed by atoms with van der Waals surface area (Å²) in [4.78, 5) is 1.66. The van der Waals surface area contributed by atoms with Gasteiger partial charge in [0, 0.05) is 17.8 Å². The van der Waals surface area contributed by atoms with Crippen LogP contribution in [0.25, 0.3) is 0 Å². The molecule has 116 valence electrons. The Morgan fingerprint density at radius 3 is 2.76 bits per heavy atom. The molecule has 1 aromatic rings. The molecule has 4 nitrogen and oxygen atoms in total. The molecule has 0 aromatic heterocycles. The minimum absolute atomic E-state index is 0.112. The number of ether oxygens (including phenoxy) is 1. The first-order chi connectivity index (χ1) is 9.84. The number of hydrogen-bond donors (Lipinski definition) is 2. The third kappa shape index (κ3) is 3.45. The average Bonchev–Trinajstić information content (AvgIpc) is 2.45. The molecule has 1 atom stereocenters. The molecule has 0 bridgehead atoms. The van der Waals surface area contributed by atoms with Gasteiger partial charge in [-0.3, -0.25) is 0 Å². The second-order valence-corrected chi connectivity index (χ2v) is 5.14. The Balaban J connectivity index is 2.45. The zero-order valence-electron chi connectivity index (χ0n) is 11.1. The number of alkyl halides is 3. The van der Waals surface area contributed by atoms with Crippen LogP contribution < -0.4 is 10.6 Å². The Hall–Kier alpha value is -1.38. The smallest absolute Gasteiger partial charge is 0.394 e. The first-order valence-corrected chi connectivity index (χ1v) is 6.71. The minimum atomic E-state index is -4.46. The number of aliphatic hydroxyl groups is 1. The molecular formula is C13H15F3N2O2S. The number of thiocarbonyl (C=S) groups is 1. The van der Waals surface area contributed by atoms with Crippen LogP contribution in [0.5, 0.6) is 0 Å². The standard InChI is InChI=1S/C13H15F3N2O2S/c14-13(15,16)8-1-2-11(10(5-8)12(17)21)18-3-4-20-7-9(18)6-19/h1-2,5,9,19H,3-4,6-7H2,(H2,17,21). The van der Waals surface area contributed by atoms with Crippen molar-refractivity contribution in [1.29, 1.82) is 0 Å². The fourth-order valence-electron chi connectivity index (χ4n) is 2.28. The summed E-state index contributed by atoms with van der Waals surface area (Å²) in [6.45, 7) is 1.01. The number of aliphatic hydroxyl groups excluding tert-OH is 1. The molecule has 0 radical (unpaired) electrons. The zero-order valence-corrected chi connectivity index (χ0v) is 11.9. The van der Waals surface area contributed by atoms with E-state index in [9.17, 15) is 18.3 Å². The number of nitrogens with two attached hydrogens (primary N) is 1. The van der Waals surface area contributed by atoms with E-state index in [2.05, 4.69) is 0 Å². The quantitative estimate of drug-likeness (QED) is 0.828. The van der Waals surface area contributed by atoms with E-state index in [-0.39, 0.29) is 23.2 Å². The fraction of sp³-hybridized carbons (Fsp3) is 0.462. The van der Waals surface area contributed by atoms with Gasteiger partial charge in [0.2, 0.25) is 0 Å². The maximum atomic E-state index is 12.8. The van der Waals surface area contributed by atoms with Crippen molar-refractivity contribution in [3.63, 3.8) is 0 Å². The van der Waals surface area contributed by atoms with Gasteiger partial charge in [-0.1, -0.05) is 12.2 Å². The fourth-order valence-corrected chi connectivity index (χ4v) is 2.45. The number of nitrogens with zero attached hydrogens (tertiary/aromatic N) is 1. The number of morpholine rings is 1. The molecular weight excluding hydrogens is 305 g/mol. The highest BCUT2D eigenvalue weighted by Crippen LogP contribution is 2.33. The van der Waals surface area contributed by atoms with Gasteiger partial charge >= 0.3 is 6.18 Å². The topological polar surface area (TPSA) is 58.7 Å². The first kappa shape index (κ1) is 16.0. The predicted molar refractivity (Wildman–Crippen MR) is 76.4 cm³/mol. The lowest BCUT2D eigenvalue weighted by atomic mass is 10.0. The minimum Gasteiger partial charge on any atom is -0.394 e. The zero-order chi connectivity index (χ0) is 15.6. The summed E-state index contributed by atoms with van der Waals surface area (Å²) in [5.41, 5.74) is 5.40. The molecule has 3 N–H and O–H groups in total. The molecule has 1 aliphatic rings. The van der Waals surface area contributed by atoms with Gasteiger partial charge in [0.15, 0.2) is 0 Å². The van der Waals surface area contributed by atoms with Gasteiger partial charge in [-0.15, -0.1) is 0 Å². The molecule has 1 heterocycles. The van der Waals surface area contributed by atoms with Crippen LogP contribution in [-0.2, 0) is 10.9 Å². The third-order valence-electron chi connectivity index (χ3n) is 3.34. The maximum absolute atomic E-state index is 12.8. The monoisotopic (exact) mass is 320 g/mol. The van der Waals surface area contributed by atoms with Crippen LogP contribution >= 0.6 is 12.2 Å². The van der Waals surface area contributed by atoms with Crippen molar-refractivity contribution < 1.29 is 23.0 Å².